The summed E-state index contributed by atoms with van der Waals surface area (Å²) in [6.07, 6.45) is 0. The molecule has 1 amide bonds. The summed E-state index contributed by atoms with van der Waals surface area (Å²) in [7, 11) is 1.65. The quantitative estimate of drug-likeness (QED) is 0.842. The van der Waals surface area contributed by atoms with Crippen LogP contribution in [0.5, 0.6) is 5.75 Å². The molecule has 2 aromatic rings. The van der Waals surface area contributed by atoms with Gasteiger partial charge in [0.05, 0.1) is 7.11 Å². The molecule has 0 atom stereocenters. The minimum Gasteiger partial charge on any atom is -0.497 e. The van der Waals surface area contributed by atoms with Gasteiger partial charge in [-0.2, -0.15) is 0 Å². The third kappa shape index (κ3) is 4.98. The van der Waals surface area contributed by atoms with Crippen LogP contribution in [-0.2, 0) is 12.0 Å². The molecular weight excluding hydrogens is 324 g/mol. The van der Waals surface area contributed by atoms with Gasteiger partial charge in [0, 0.05) is 24.1 Å². The van der Waals surface area contributed by atoms with E-state index >= 15 is 0 Å². The molecule has 130 valence electrons. The Balaban J connectivity index is 0.00000288. The molecule has 3 N–H and O–H groups in total. The van der Waals surface area contributed by atoms with E-state index in [0.717, 1.165) is 16.9 Å². The number of carbonyl (C=O) groups excluding carboxylic acids is 1. The second kappa shape index (κ2) is 8.71. The van der Waals surface area contributed by atoms with Crippen LogP contribution in [0.25, 0.3) is 0 Å². The van der Waals surface area contributed by atoms with E-state index in [4.69, 9.17) is 10.5 Å². The highest BCUT2D eigenvalue weighted by atomic mass is 35.5. The van der Waals surface area contributed by atoms with Crippen molar-refractivity contribution in [1.29, 1.82) is 0 Å². The van der Waals surface area contributed by atoms with Crippen molar-refractivity contribution in [3.05, 3.63) is 65.2 Å². The van der Waals surface area contributed by atoms with E-state index in [0.29, 0.717) is 18.7 Å². The van der Waals surface area contributed by atoms with E-state index in [-0.39, 0.29) is 23.7 Å². The number of ether oxygens (including phenoxy) is 1. The number of amides is 1. The summed E-state index contributed by atoms with van der Waals surface area (Å²) in [6, 6.07) is 15.3. The van der Waals surface area contributed by atoms with Crippen LogP contribution in [0.3, 0.4) is 0 Å². The lowest BCUT2D eigenvalue weighted by atomic mass is 9.84. The fraction of sp³-hybridized carbons (Fsp3) is 0.316. The molecule has 24 heavy (non-hydrogen) atoms. The van der Waals surface area contributed by atoms with E-state index in [9.17, 15) is 4.79 Å². The second-order valence-corrected chi connectivity index (χ2v) is 6.20. The highest BCUT2D eigenvalue weighted by Gasteiger charge is 2.21. The van der Waals surface area contributed by atoms with Crippen LogP contribution in [-0.4, -0.2) is 19.6 Å². The first-order chi connectivity index (χ1) is 11.0. The zero-order valence-electron chi connectivity index (χ0n) is 14.3. The molecule has 0 saturated carbocycles. The largest absolute Gasteiger partial charge is 0.497 e. The molecule has 5 heteroatoms. The van der Waals surface area contributed by atoms with Crippen LogP contribution in [0.4, 0.5) is 0 Å². The predicted molar refractivity (Wildman–Crippen MR) is 99.9 cm³/mol. The van der Waals surface area contributed by atoms with Gasteiger partial charge in [0.1, 0.15) is 5.75 Å². The van der Waals surface area contributed by atoms with Gasteiger partial charge in [-0.25, -0.2) is 0 Å². The van der Waals surface area contributed by atoms with Crippen molar-refractivity contribution >= 4 is 18.3 Å². The van der Waals surface area contributed by atoms with E-state index in [2.05, 4.69) is 19.2 Å². The summed E-state index contributed by atoms with van der Waals surface area (Å²) in [5.74, 6) is 0.753. The van der Waals surface area contributed by atoms with Crippen molar-refractivity contribution in [3.63, 3.8) is 0 Å². The monoisotopic (exact) mass is 348 g/mol. The van der Waals surface area contributed by atoms with Crippen LogP contribution in [0.1, 0.15) is 35.3 Å². The molecular formula is C19H25ClN2O2. The second-order valence-electron chi connectivity index (χ2n) is 6.20. The van der Waals surface area contributed by atoms with Gasteiger partial charge in [-0.05, 0) is 35.4 Å². The van der Waals surface area contributed by atoms with Crippen molar-refractivity contribution in [2.45, 2.75) is 25.8 Å². The van der Waals surface area contributed by atoms with Gasteiger partial charge in [-0.1, -0.05) is 38.1 Å². The Hall–Kier alpha value is -2.04. The van der Waals surface area contributed by atoms with Crippen LogP contribution < -0.4 is 15.8 Å². The zero-order valence-corrected chi connectivity index (χ0v) is 15.2. The van der Waals surface area contributed by atoms with Crippen LogP contribution in [0.15, 0.2) is 48.5 Å². The molecule has 0 radical (unpaired) electrons. The summed E-state index contributed by atoms with van der Waals surface area (Å²) < 4.78 is 5.18. The Kier molecular flexibility index (Phi) is 7.26. The van der Waals surface area contributed by atoms with Crippen LogP contribution in [0.2, 0.25) is 0 Å². The molecule has 0 saturated heterocycles. The van der Waals surface area contributed by atoms with Crippen molar-refractivity contribution in [1.82, 2.24) is 5.32 Å². The number of carbonyl (C=O) groups is 1. The van der Waals surface area contributed by atoms with Gasteiger partial charge in [-0.15, -0.1) is 12.4 Å². The third-order valence-electron chi connectivity index (χ3n) is 4.01. The number of hydrogen-bond acceptors (Lipinski definition) is 3. The highest BCUT2D eigenvalue weighted by molar-refractivity contribution is 5.94. The van der Waals surface area contributed by atoms with Crippen LogP contribution >= 0.6 is 12.4 Å². The van der Waals surface area contributed by atoms with Crippen molar-refractivity contribution in [2.75, 3.05) is 13.7 Å². The molecule has 0 heterocycles. The summed E-state index contributed by atoms with van der Waals surface area (Å²) >= 11 is 0. The van der Waals surface area contributed by atoms with E-state index in [1.807, 2.05) is 36.4 Å². The Morgan fingerprint density at radius 3 is 2.17 bits per heavy atom. The van der Waals surface area contributed by atoms with E-state index in [1.165, 1.54) is 0 Å². The summed E-state index contributed by atoms with van der Waals surface area (Å²) in [6.45, 7) is 5.24. The standard InChI is InChI=1S/C19H24N2O2.ClH/c1-19(2,16-8-10-17(23-3)11-9-16)13-21-18(22)15-6-4-14(12-20)5-7-15;/h4-11H,12-13,20H2,1-3H3,(H,21,22);1H. The normalized spacial score (nSPS) is 10.7. The lowest BCUT2D eigenvalue weighted by molar-refractivity contribution is 0.0945. The first-order valence-corrected chi connectivity index (χ1v) is 7.68. The molecule has 4 nitrogen and oxygen atoms in total. The molecule has 2 rings (SSSR count). The average Bonchev–Trinajstić information content (AvgIpc) is 2.60. The molecule has 0 aliphatic rings. The lowest BCUT2D eigenvalue weighted by Gasteiger charge is -2.26. The van der Waals surface area contributed by atoms with E-state index in [1.54, 1.807) is 19.2 Å². The first-order valence-electron chi connectivity index (χ1n) is 7.68. The number of benzene rings is 2. The first kappa shape index (κ1) is 20.0. The fourth-order valence-electron chi connectivity index (χ4n) is 2.34. The Bertz CT molecular complexity index is 652. The van der Waals surface area contributed by atoms with E-state index < -0.39 is 0 Å². The van der Waals surface area contributed by atoms with Gasteiger partial charge in [-0.3, -0.25) is 4.79 Å². The Morgan fingerprint density at radius 1 is 1.08 bits per heavy atom. The lowest BCUT2D eigenvalue weighted by Crippen LogP contribution is -2.36. The number of nitrogens with one attached hydrogen (secondary N) is 1. The minimum atomic E-state index is -0.168. The third-order valence-corrected chi connectivity index (χ3v) is 4.01. The molecule has 0 spiro atoms. The van der Waals surface area contributed by atoms with Gasteiger partial charge in [0.15, 0.2) is 0 Å². The van der Waals surface area contributed by atoms with Gasteiger partial charge >= 0.3 is 0 Å². The summed E-state index contributed by atoms with van der Waals surface area (Å²) in [5, 5.41) is 3.00. The maximum absolute atomic E-state index is 12.3. The van der Waals surface area contributed by atoms with Crippen molar-refractivity contribution < 1.29 is 9.53 Å². The zero-order chi connectivity index (χ0) is 16.9. The number of halogens is 1. The molecule has 0 aliphatic heterocycles. The van der Waals surface area contributed by atoms with Crippen LogP contribution in [0, 0.1) is 0 Å². The smallest absolute Gasteiger partial charge is 0.251 e. The summed E-state index contributed by atoms with van der Waals surface area (Å²) in [5.41, 5.74) is 8.21. The number of methoxy groups -OCH3 is 1. The average molecular weight is 349 g/mol. The Labute approximate surface area is 149 Å². The van der Waals surface area contributed by atoms with Gasteiger partial charge in [0.25, 0.3) is 5.91 Å². The predicted octanol–water partition coefficient (Wildman–Crippen LogP) is 3.28. The molecule has 2 aromatic carbocycles. The number of hydrogen-bond donors (Lipinski definition) is 2. The maximum atomic E-state index is 12.3. The molecule has 0 aromatic heterocycles. The molecule has 0 unspecified atom stereocenters. The number of nitrogens with two attached hydrogens (primary N) is 1. The molecule has 0 fully saturated rings. The number of rotatable bonds is 6. The highest BCUT2D eigenvalue weighted by Crippen LogP contribution is 2.24. The Morgan fingerprint density at radius 2 is 1.67 bits per heavy atom. The molecule has 0 bridgehead atoms. The van der Waals surface area contributed by atoms with Crippen molar-refractivity contribution in [3.8, 4) is 5.75 Å². The van der Waals surface area contributed by atoms with Gasteiger partial charge in [0.2, 0.25) is 0 Å². The molecule has 0 aliphatic carbocycles. The minimum absolute atomic E-state index is 0. The maximum Gasteiger partial charge on any atom is 0.251 e. The summed E-state index contributed by atoms with van der Waals surface area (Å²) in [4.78, 5) is 12.3. The van der Waals surface area contributed by atoms with Crippen molar-refractivity contribution in [2.24, 2.45) is 5.73 Å². The van der Waals surface area contributed by atoms with Gasteiger partial charge < -0.3 is 15.8 Å². The SMILES string of the molecule is COc1ccc(C(C)(C)CNC(=O)c2ccc(CN)cc2)cc1.Cl. The fourth-order valence-corrected chi connectivity index (χ4v) is 2.34. The topological polar surface area (TPSA) is 64.3 Å².